The van der Waals surface area contributed by atoms with E-state index in [0.717, 1.165) is 0 Å². The number of rotatable bonds is 10. The van der Waals surface area contributed by atoms with Gasteiger partial charge >= 0.3 is 7.60 Å². The van der Waals surface area contributed by atoms with Gasteiger partial charge in [0.25, 0.3) is 5.69 Å². The Morgan fingerprint density at radius 2 is 1.59 bits per heavy atom. The van der Waals surface area contributed by atoms with Crippen molar-refractivity contribution >= 4 is 19.0 Å². The molecule has 0 spiro atoms. The first-order chi connectivity index (χ1) is 13.6. The first-order valence-electron chi connectivity index (χ1n) is 9.26. The molecule has 2 aromatic carbocycles. The van der Waals surface area contributed by atoms with E-state index in [1.807, 2.05) is 0 Å². The summed E-state index contributed by atoms with van der Waals surface area (Å²) < 4.78 is 30.6. The van der Waals surface area contributed by atoms with E-state index in [1.165, 1.54) is 12.1 Å². The van der Waals surface area contributed by atoms with Crippen LogP contribution in [0.1, 0.15) is 39.0 Å². The highest BCUT2D eigenvalue weighted by Gasteiger charge is 2.39. The molecular formula is C20H27N2O6P. The fraction of sp³-hybridized carbons (Fsp3) is 0.400. The number of anilines is 1. The molecule has 0 aromatic heterocycles. The average molecular weight is 422 g/mol. The summed E-state index contributed by atoms with van der Waals surface area (Å²) in [5.41, 5.74) is 0.995. The lowest BCUT2D eigenvalue weighted by atomic mass is 10.2. The van der Waals surface area contributed by atoms with Crippen molar-refractivity contribution in [2.45, 2.75) is 45.7 Å². The molecule has 1 atom stereocenters. The minimum absolute atomic E-state index is 0.0760. The summed E-state index contributed by atoms with van der Waals surface area (Å²) in [6.45, 7) is 7.09. The predicted octanol–water partition coefficient (Wildman–Crippen LogP) is 5.76. The molecule has 0 heterocycles. The molecule has 0 radical (unpaired) electrons. The molecule has 0 amide bonds. The topological polar surface area (TPSA) is 99.9 Å². The molecular weight excluding hydrogens is 395 g/mol. The van der Waals surface area contributed by atoms with Gasteiger partial charge in [0, 0.05) is 17.8 Å². The maximum absolute atomic E-state index is 13.8. The number of nitrogens with zero attached hydrogens (tertiary/aromatic N) is 1. The van der Waals surface area contributed by atoms with Crippen molar-refractivity contribution in [1.82, 2.24) is 0 Å². The summed E-state index contributed by atoms with van der Waals surface area (Å²) in [6.07, 6.45) is -0.709. The van der Waals surface area contributed by atoms with Crippen LogP contribution in [0.4, 0.5) is 11.4 Å². The molecule has 1 unspecified atom stereocenters. The van der Waals surface area contributed by atoms with Gasteiger partial charge in [0.1, 0.15) is 5.75 Å². The molecule has 2 rings (SSSR count). The second-order valence-corrected chi connectivity index (χ2v) is 8.99. The fourth-order valence-electron chi connectivity index (χ4n) is 2.73. The van der Waals surface area contributed by atoms with E-state index >= 15 is 0 Å². The van der Waals surface area contributed by atoms with Crippen molar-refractivity contribution in [2.24, 2.45) is 0 Å². The van der Waals surface area contributed by atoms with E-state index in [0.29, 0.717) is 17.0 Å². The van der Waals surface area contributed by atoms with Crippen LogP contribution in [-0.4, -0.2) is 24.2 Å². The summed E-state index contributed by atoms with van der Waals surface area (Å²) >= 11 is 0. The monoisotopic (exact) mass is 422 g/mol. The number of hydrogen-bond acceptors (Lipinski definition) is 7. The van der Waals surface area contributed by atoms with Crippen molar-refractivity contribution in [3.8, 4) is 5.75 Å². The van der Waals surface area contributed by atoms with Gasteiger partial charge in [-0.2, -0.15) is 0 Å². The van der Waals surface area contributed by atoms with E-state index in [-0.39, 0.29) is 17.9 Å². The summed E-state index contributed by atoms with van der Waals surface area (Å²) in [7, 11) is -2.16. The summed E-state index contributed by atoms with van der Waals surface area (Å²) in [6, 6.07) is 13.0. The molecule has 0 saturated heterocycles. The number of benzene rings is 2. The fourth-order valence-corrected chi connectivity index (χ4v) is 5.05. The third-order valence-corrected chi connectivity index (χ3v) is 6.31. The van der Waals surface area contributed by atoms with Crippen LogP contribution in [0.25, 0.3) is 0 Å². The third-order valence-electron chi connectivity index (χ3n) is 3.82. The zero-order valence-corrected chi connectivity index (χ0v) is 18.1. The largest absolute Gasteiger partial charge is 0.497 e. The van der Waals surface area contributed by atoms with Crippen molar-refractivity contribution < 1.29 is 23.3 Å². The van der Waals surface area contributed by atoms with Gasteiger partial charge in [-0.25, -0.2) is 0 Å². The van der Waals surface area contributed by atoms with Crippen LogP contribution in [0.3, 0.4) is 0 Å². The Hall–Kier alpha value is -2.41. The number of hydrogen-bond donors (Lipinski definition) is 1. The van der Waals surface area contributed by atoms with Crippen LogP contribution in [0, 0.1) is 10.1 Å². The van der Waals surface area contributed by atoms with Gasteiger partial charge in [0.15, 0.2) is 5.78 Å². The van der Waals surface area contributed by atoms with E-state index in [1.54, 1.807) is 71.2 Å². The van der Waals surface area contributed by atoms with Crippen LogP contribution in [-0.2, 0) is 13.6 Å². The van der Waals surface area contributed by atoms with Gasteiger partial charge in [-0.3, -0.25) is 14.7 Å². The molecule has 8 nitrogen and oxygen atoms in total. The maximum atomic E-state index is 13.8. The SMILES string of the molecule is COc1ccc(C(Nc2cccc([N+](=O)[O-])c2)P(=O)(OC(C)C)OC(C)C)cc1. The van der Waals surface area contributed by atoms with Gasteiger partial charge in [-0.05, 0) is 51.5 Å². The molecule has 0 saturated carbocycles. The Morgan fingerprint density at radius 1 is 1.00 bits per heavy atom. The van der Waals surface area contributed by atoms with Crippen LogP contribution in [0.15, 0.2) is 48.5 Å². The minimum Gasteiger partial charge on any atom is -0.497 e. The molecule has 2 aromatic rings. The number of nitro benzene ring substituents is 1. The molecule has 0 fully saturated rings. The van der Waals surface area contributed by atoms with Crippen molar-refractivity contribution in [1.29, 1.82) is 0 Å². The maximum Gasteiger partial charge on any atom is 0.357 e. The molecule has 0 aliphatic rings. The summed E-state index contributed by atoms with van der Waals surface area (Å²) in [5.74, 6) is -0.229. The van der Waals surface area contributed by atoms with E-state index in [9.17, 15) is 14.7 Å². The quantitative estimate of drug-likeness (QED) is 0.295. The van der Waals surface area contributed by atoms with Crippen LogP contribution >= 0.6 is 7.60 Å². The average Bonchev–Trinajstić information content (AvgIpc) is 2.65. The van der Waals surface area contributed by atoms with E-state index in [2.05, 4.69) is 5.32 Å². The Labute approximate surface area is 170 Å². The van der Waals surface area contributed by atoms with Crippen molar-refractivity contribution in [3.63, 3.8) is 0 Å². The first-order valence-corrected chi connectivity index (χ1v) is 10.9. The van der Waals surface area contributed by atoms with Gasteiger partial charge in [0.05, 0.1) is 24.2 Å². The Morgan fingerprint density at radius 3 is 2.07 bits per heavy atom. The molecule has 158 valence electrons. The third kappa shape index (κ3) is 6.29. The lowest BCUT2D eigenvalue weighted by molar-refractivity contribution is -0.384. The summed E-state index contributed by atoms with van der Waals surface area (Å²) in [4.78, 5) is 10.6. The van der Waals surface area contributed by atoms with Crippen molar-refractivity contribution in [2.75, 3.05) is 12.4 Å². The molecule has 0 aliphatic heterocycles. The van der Waals surface area contributed by atoms with Gasteiger partial charge in [0.2, 0.25) is 0 Å². The number of non-ortho nitro benzene ring substituents is 1. The molecule has 9 heteroatoms. The normalized spacial score (nSPS) is 12.8. The second-order valence-electron chi connectivity index (χ2n) is 6.98. The minimum atomic E-state index is -3.71. The van der Waals surface area contributed by atoms with E-state index in [4.69, 9.17) is 13.8 Å². The molecule has 0 bridgehead atoms. The lowest BCUT2D eigenvalue weighted by Gasteiger charge is -2.31. The van der Waals surface area contributed by atoms with Crippen molar-refractivity contribution in [3.05, 3.63) is 64.2 Å². The van der Waals surface area contributed by atoms with Crippen LogP contribution in [0.2, 0.25) is 0 Å². The predicted molar refractivity (Wildman–Crippen MR) is 113 cm³/mol. The summed E-state index contributed by atoms with van der Waals surface area (Å²) in [5, 5.41) is 14.2. The number of nitro groups is 1. The number of nitrogens with one attached hydrogen (secondary N) is 1. The molecule has 1 N–H and O–H groups in total. The Kier molecular flexibility index (Phi) is 7.79. The number of methoxy groups -OCH3 is 1. The molecule has 0 aliphatic carbocycles. The first kappa shape index (κ1) is 22.9. The van der Waals surface area contributed by atoms with Gasteiger partial charge in [-0.1, -0.05) is 18.2 Å². The second kappa shape index (κ2) is 9.87. The van der Waals surface area contributed by atoms with E-state index < -0.39 is 18.3 Å². The standard InChI is InChI=1S/C20H27N2O6P/c1-14(2)27-29(25,28-15(3)4)20(16-9-11-19(26-5)12-10-16)21-17-7-6-8-18(13-17)22(23)24/h6-15,20-21H,1-5H3. The zero-order valence-electron chi connectivity index (χ0n) is 17.2. The highest BCUT2D eigenvalue weighted by atomic mass is 31.2. The zero-order chi connectivity index (χ0) is 21.6. The highest BCUT2D eigenvalue weighted by molar-refractivity contribution is 7.54. The van der Waals surface area contributed by atoms with Gasteiger partial charge in [-0.15, -0.1) is 0 Å². The molecule has 29 heavy (non-hydrogen) atoms. The van der Waals surface area contributed by atoms with Crippen LogP contribution < -0.4 is 10.1 Å². The Bertz CT molecular complexity index is 856. The Balaban J connectivity index is 2.52. The highest BCUT2D eigenvalue weighted by Crippen LogP contribution is 2.62. The van der Waals surface area contributed by atoms with Crippen LogP contribution in [0.5, 0.6) is 5.75 Å². The lowest BCUT2D eigenvalue weighted by Crippen LogP contribution is -2.19. The van der Waals surface area contributed by atoms with Gasteiger partial charge < -0.3 is 19.1 Å². The number of ether oxygens (including phenoxy) is 1. The smallest absolute Gasteiger partial charge is 0.357 e.